The lowest BCUT2D eigenvalue weighted by Crippen LogP contribution is -2.33. The number of hydrogen-bond donors (Lipinski definition) is 2. The maximum atomic E-state index is 13.3. The number of halogens is 1. The van der Waals surface area contributed by atoms with Gasteiger partial charge < -0.3 is 24.8 Å². The van der Waals surface area contributed by atoms with Gasteiger partial charge in [0.1, 0.15) is 17.3 Å². The van der Waals surface area contributed by atoms with E-state index in [1.54, 1.807) is 30.3 Å². The monoisotopic (exact) mass is 348 g/mol. The second-order valence-corrected chi connectivity index (χ2v) is 5.22. The summed E-state index contributed by atoms with van der Waals surface area (Å²) in [6.07, 6.45) is -0.457. The average Bonchev–Trinajstić information content (AvgIpc) is 2.62. The highest BCUT2D eigenvalue weighted by molar-refractivity contribution is 5.89. The van der Waals surface area contributed by atoms with Crippen molar-refractivity contribution in [2.75, 3.05) is 33.2 Å². The molecule has 25 heavy (non-hydrogen) atoms. The molecule has 0 heterocycles. The van der Waals surface area contributed by atoms with E-state index in [-0.39, 0.29) is 12.4 Å². The maximum Gasteiger partial charge on any atom is 0.319 e. The van der Waals surface area contributed by atoms with Crippen LogP contribution in [0.25, 0.3) is 0 Å². The van der Waals surface area contributed by atoms with Crippen LogP contribution in [0.1, 0.15) is 11.7 Å². The topological polar surface area (TPSA) is 68.8 Å². The van der Waals surface area contributed by atoms with E-state index in [1.807, 2.05) is 0 Å². The van der Waals surface area contributed by atoms with E-state index in [0.29, 0.717) is 22.7 Å². The van der Waals surface area contributed by atoms with Crippen molar-refractivity contribution in [2.45, 2.75) is 6.10 Å². The van der Waals surface area contributed by atoms with Crippen LogP contribution in [0, 0.1) is 5.82 Å². The molecule has 2 amide bonds. The number of rotatable bonds is 7. The van der Waals surface area contributed by atoms with Gasteiger partial charge in [-0.15, -0.1) is 0 Å². The predicted octanol–water partition coefficient (Wildman–Crippen LogP) is 3.35. The fourth-order valence-electron chi connectivity index (χ4n) is 2.28. The zero-order valence-corrected chi connectivity index (χ0v) is 14.3. The summed E-state index contributed by atoms with van der Waals surface area (Å²) in [6.45, 7) is 0.187. The van der Waals surface area contributed by atoms with Gasteiger partial charge in [0.2, 0.25) is 0 Å². The minimum absolute atomic E-state index is 0.187. The highest BCUT2D eigenvalue weighted by atomic mass is 19.1. The number of methoxy groups -OCH3 is 3. The summed E-state index contributed by atoms with van der Waals surface area (Å²) in [5, 5.41) is 5.39. The van der Waals surface area contributed by atoms with Crippen molar-refractivity contribution in [3.05, 3.63) is 53.8 Å². The molecule has 6 nitrogen and oxygen atoms in total. The summed E-state index contributed by atoms with van der Waals surface area (Å²) in [4.78, 5) is 12.1. The molecule has 1 unspecified atom stereocenters. The van der Waals surface area contributed by atoms with Gasteiger partial charge in [-0.2, -0.15) is 0 Å². The van der Waals surface area contributed by atoms with Gasteiger partial charge in [-0.3, -0.25) is 0 Å². The van der Waals surface area contributed by atoms with Crippen LogP contribution in [0.5, 0.6) is 11.5 Å². The first-order chi connectivity index (χ1) is 12.0. The van der Waals surface area contributed by atoms with Gasteiger partial charge in [0.25, 0.3) is 0 Å². The second kappa shape index (κ2) is 8.89. The Morgan fingerprint density at radius 2 is 1.76 bits per heavy atom. The number of urea groups is 1. The van der Waals surface area contributed by atoms with Crippen LogP contribution >= 0.6 is 0 Å². The van der Waals surface area contributed by atoms with E-state index in [4.69, 9.17) is 14.2 Å². The van der Waals surface area contributed by atoms with Crippen LogP contribution in [0.3, 0.4) is 0 Å². The third-order valence-corrected chi connectivity index (χ3v) is 3.56. The van der Waals surface area contributed by atoms with Gasteiger partial charge >= 0.3 is 6.03 Å². The standard InChI is InChI=1S/C18H21FN2O4/c1-23-15-8-14(9-16(10-15)24-2)21-18(22)20-11-17(25-3)12-5-4-6-13(19)7-12/h4-10,17H,11H2,1-3H3,(H2,20,21,22). The lowest BCUT2D eigenvalue weighted by atomic mass is 10.1. The first-order valence-corrected chi connectivity index (χ1v) is 7.62. The quantitative estimate of drug-likeness (QED) is 0.805. The van der Waals surface area contributed by atoms with E-state index >= 15 is 0 Å². The van der Waals surface area contributed by atoms with Gasteiger partial charge in [-0.1, -0.05) is 12.1 Å². The summed E-state index contributed by atoms with van der Waals surface area (Å²) in [5.74, 6) is 0.765. The molecule has 0 aliphatic carbocycles. The number of amides is 2. The largest absolute Gasteiger partial charge is 0.497 e. The average molecular weight is 348 g/mol. The number of carbonyl (C=O) groups excluding carboxylic acids is 1. The molecule has 2 N–H and O–H groups in total. The van der Waals surface area contributed by atoms with Gasteiger partial charge in [0.05, 0.1) is 20.3 Å². The Bertz CT molecular complexity index is 702. The Labute approximate surface area is 145 Å². The summed E-state index contributed by atoms with van der Waals surface area (Å²) in [7, 11) is 4.56. The molecule has 0 saturated heterocycles. The Balaban J connectivity index is 1.98. The van der Waals surface area contributed by atoms with E-state index < -0.39 is 12.1 Å². The maximum absolute atomic E-state index is 13.3. The van der Waals surface area contributed by atoms with Crippen molar-refractivity contribution >= 4 is 11.7 Å². The van der Waals surface area contributed by atoms with E-state index in [0.717, 1.165) is 0 Å². The van der Waals surface area contributed by atoms with Crippen molar-refractivity contribution in [2.24, 2.45) is 0 Å². The van der Waals surface area contributed by atoms with Crippen LogP contribution in [0.4, 0.5) is 14.9 Å². The zero-order chi connectivity index (χ0) is 18.2. The molecular weight excluding hydrogens is 327 g/mol. The smallest absolute Gasteiger partial charge is 0.319 e. The summed E-state index contributed by atoms with van der Waals surface area (Å²) in [6, 6.07) is 10.7. The summed E-state index contributed by atoms with van der Waals surface area (Å²) >= 11 is 0. The molecule has 0 bridgehead atoms. The van der Waals surface area contributed by atoms with Gasteiger partial charge in [-0.25, -0.2) is 9.18 Å². The third kappa shape index (κ3) is 5.36. The molecule has 0 aliphatic heterocycles. The number of anilines is 1. The minimum Gasteiger partial charge on any atom is -0.497 e. The van der Waals surface area contributed by atoms with Crippen molar-refractivity contribution in [3.8, 4) is 11.5 Å². The molecule has 1 atom stereocenters. The lowest BCUT2D eigenvalue weighted by molar-refractivity contribution is 0.104. The van der Waals surface area contributed by atoms with Crippen molar-refractivity contribution in [1.82, 2.24) is 5.32 Å². The van der Waals surface area contributed by atoms with Crippen LogP contribution in [-0.4, -0.2) is 33.9 Å². The normalized spacial score (nSPS) is 11.5. The van der Waals surface area contributed by atoms with Crippen LogP contribution < -0.4 is 20.1 Å². The van der Waals surface area contributed by atoms with Gasteiger partial charge in [-0.05, 0) is 17.7 Å². The SMILES string of the molecule is COc1cc(NC(=O)NCC(OC)c2cccc(F)c2)cc(OC)c1. The fourth-order valence-corrected chi connectivity index (χ4v) is 2.28. The molecule has 0 fully saturated rings. The number of hydrogen-bond acceptors (Lipinski definition) is 4. The Morgan fingerprint density at radius 3 is 2.32 bits per heavy atom. The molecule has 7 heteroatoms. The molecule has 0 aliphatic rings. The van der Waals surface area contributed by atoms with E-state index in [1.165, 1.54) is 33.5 Å². The van der Waals surface area contributed by atoms with Crippen LogP contribution in [0.15, 0.2) is 42.5 Å². The summed E-state index contributed by atoms with van der Waals surface area (Å²) in [5.41, 5.74) is 1.17. The molecule has 0 radical (unpaired) electrons. The molecule has 2 rings (SSSR count). The highest BCUT2D eigenvalue weighted by Crippen LogP contribution is 2.25. The number of nitrogens with one attached hydrogen (secondary N) is 2. The molecule has 2 aromatic rings. The minimum atomic E-state index is -0.457. The molecule has 0 spiro atoms. The van der Waals surface area contributed by atoms with E-state index in [2.05, 4.69) is 10.6 Å². The Hall–Kier alpha value is -2.80. The third-order valence-electron chi connectivity index (χ3n) is 3.56. The molecular formula is C18H21FN2O4. The first-order valence-electron chi connectivity index (χ1n) is 7.62. The predicted molar refractivity (Wildman–Crippen MR) is 92.7 cm³/mol. The number of ether oxygens (including phenoxy) is 3. The van der Waals surface area contributed by atoms with Crippen molar-refractivity contribution < 1.29 is 23.4 Å². The Kier molecular flexibility index (Phi) is 6.59. The van der Waals surface area contributed by atoms with Crippen molar-refractivity contribution in [1.29, 1.82) is 0 Å². The number of benzene rings is 2. The zero-order valence-electron chi connectivity index (χ0n) is 14.3. The highest BCUT2D eigenvalue weighted by Gasteiger charge is 2.13. The summed E-state index contributed by atoms with van der Waals surface area (Å²) < 4.78 is 28.9. The number of carbonyl (C=O) groups is 1. The van der Waals surface area contributed by atoms with Gasteiger partial charge in [0, 0.05) is 37.5 Å². The fraction of sp³-hybridized carbons (Fsp3) is 0.278. The lowest BCUT2D eigenvalue weighted by Gasteiger charge is -2.17. The first kappa shape index (κ1) is 18.5. The van der Waals surface area contributed by atoms with Crippen molar-refractivity contribution in [3.63, 3.8) is 0 Å². The Morgan fingerprint density at radius 1 is 1.08 bits per heavy atom. The molecule has 134 valence electrons. The van der Waals surface area contributed by atoms with Gasteiger partial charge in [0.15, 0.2) is 0 Å². The second-order valence-electron chi connectivity index (χ2n) is 5.22. The van der Waals surface area contributed by atoms with Crippen LogP contribution in [0.2, 0.25) is 0 Å². The molecule has 0 saturated carbocycles. The molecule has 0 aromatic heterocycles. The van der Waals surface area contributed by atoms with Crippen LogP contribution in [-0.2, 0) is 4.74 Å². The molecule has 2 aromatic carbocycles. The van der Waals surface area contributed by atoms with E-state index in [9.17, 15) is 9.18 Å².